The van der Waals surface area contributed by atoms with Crippen molar-refractivity contribution in [1.82, 2.24) is 15.0 Å². The normalized spacial score (nSPS) is 10.4. The van der Waals surface area contributed by atoms with E-state index in [2.05, 4.69) is 40.1 Å². The van der Waals surface area contributed by atoms with Gasteiger partial charge in [0.05, 0.1) is 17.6 Å². The highest BCUT2D eigenvalue weighted by atomic mass is 14.8. The molecule has 2 aromatic heterocycles. The van der Waals surface area contributed by atoms with Crippen molar-refractivity contribution in [2.45, 2.75) is 6.92 Å². The maximum absolute atomic E-state index is 4.39. The smallest absolute Gasteiger partial charge is 0.0885 e. The summed E-state index contributed by atoms with van der Waals surface area (Å²) in [6.07, 6.45) is 6.97. The molecule has 0 spiro atoms. The third kappa shape index (κ3) is 2.50. The number of nitrogens with zero attached hydrogens (tertiary/aromatic N) is 3. The van der Waals surface area contributed by atoms with Gasteiger partial charge in [-0.2, -0.15) is 0 Å². The standard InChI is InChI=1S/C16H13N3/c1-12-8-13(15-4-2-3-5-18-15)10-14(9-12)16-11-17-6-7-19-16/h2-11H,1H3. The summed E-state index contributed by atoms with van der Waals surface area (Å²) in [6, 6.07) is 12.3. The van der Waals surface area contributed by atoms with Crippen molar-refractivity contribution in [3.8, 4) is 22.5 Å². The summed E-state index contributed by atoms with van der Waals surface area (Å²) >= 11 is 0. The fourth-order valence-electron chi connectivity index (χ4n) is 2.06. The molecule has 0 saturated carbocycles. The number of hydrogen-bond donors (Lipinski definition) is 0. The van der Waals surface area contributed by atoms with E-state index >= 15 is 0 Å². The van der Waals surface area contributed by atoms with Crippen molar-refractivity contribution in [1.29, 1.82) is 0 Å². The predicted molar refractivity (Wildman–Crippen MR) is 75.4 cm³/mol. The molecule has 0 unspecified atom stereocenters. The number of pyridine rings is 1. The minimum atomic E-state index is 0.878. The second-order valence-corrected chi connectivity index (χ2v) is 4.39. The molecule has 0 aliphatic carbocycles. The first-order chi connectivity index (χ1) is 9.33. The lowest BCUT2D eigenvalue weighted by Gasteiger charge is -2.06. The van der Waals surface area contributed by atoms with Crippen molar-refractivity contribution >= 4 is 0 Å². The summed E-state index contributed by atoms with van der Waals surface area (Å²) < 4.78 is 0. The van der Waals surface area contributed by atoms with Gasteiger partial charge < -0.3 is 0 Å². The zero-order valence-electron chi connectivity index (χ0n) is 10.6. The highest BCUT2D eigenvalue weighted by Crippen LogP contribution is 2.25. The average Bonchev–Trinajstić information content (AvgIpc) is 2.48. The average molecular weight is 247 g/mol. The van der Waals surface area contributed by atoms with E-state index in [9.17, 15) is 0 Å². The zero-order valence-corrected chi connectivity index (χ0v) is 10.6. The molecule has 3 rings (SSSR count). The summed E-state index contributed by atoms with van der Waals surface area (Å²) in [4.78, 5) is 12.8. The van der Waals surface area contributed by atoms with Gasteiger partial charge in [-0.3, -0.25) is 15.0 Å². The molecule has 0 N–H and O–H groups in total. The van der Waals surface area contributed by atoms with Crippen LogP contribution in [0.1, 0.15) is 5.56 Å². The molecule has 92 valence electrons. The molecule has 0 aliphatic rings. The lowest BCUT2D eigenvalue weighted by atomic mass is 10.0. The van der Waals surface area contributed by atoms with Gasteiger partial charge in [0, 0.05) is 29.7 Å². The van der Waals surface area contributed by atoms with Gasteiger partial charge in [-0.25, -0.2) is 0 Å². The second-order valence-electron chi connectivity index (χ2n) is 4.39. The van der Waals surface area contributed by atoms with Crippen molar-refractivity contribution in [2.75, 3.05) is 0 Å². The van der Waals surface area contributed by atoms with Gasteiger partial charge in [0.15, 0.2) is 0 Å². The molecule has 3 aromatic rings. The second kappa shape index (κ2) is 4.98. The molecule has 0 radical (unpaired) electrons. The minimum Gasteiger partial charge on any atom is -0.261 e. The summed E-state index contributed by atoms with van der Waals surface area (Å²) in [5.41, 5.74) is 5.19. The summed E-state index contributed by atoms with van der Waals surface area (Å²) in [7, 11) is 0. The maximum atomic E-state index is 4.39. The van der Waals surface area contributed by atoms with Crippen LogP contribution in [0.15, 0.2) is 61.2 Å². The summed E-state index contributed by atoms with van der Waals surface area (Å²) in [5, 5.41) is 0. The Labute approximate surface area is 112 Å². The molecule has 0 fully saturated rings. The number of aromatic nitrogens is 3. The largest absolute Gasteiger partial charge is 0.261 e. The van der Waals surface area contributed by atoms with Crippen LogP contribution >= 0.6 is 0 Å². The van der Waals surface area contributed by atoms with E-state index in [-0.39, 0.29) is 0 Å². The van der Waals surface area contributed by atoms with Crippen molar-refractivity contribution < 1.29 is 0 Å². The van der Waals surface area contributed by atoms with E-state index in [0.29, 0.717) is 0 Å². The Morgan fingerprint density at radius 2 is 1.58 bits per heavy atom. The molecule has 0 aliphatic heterocycles. The molecule has 3 nitrogen and oxygen atoms in total. The Hall–Kier alpha value is -2.55. The van der Waals surface area contributed by atoms with Crippen LogP contribution in [0, 0.1) is 6.92 Å². The number of hydrogen-bond acceptors (Lipinski definition) is 3. The molecule has 19 heavy (non-hydrogen) atoms. The quantitative estimate of drug-likeness (QED) is 0.695. The first-order valence-electron chi connectivity index (χ1n) is 6.12. The van der Waals surface area contributed by atoms with Crippen LogP contribution in [-0.4, -0.2) is 15.0 Å². The van der Waals surface area contributed by atoms with Crippen LogP contribution in [-0.2, 0) is 0 Å². The Morgan fingerprint density at radius 1 is 0.789 bits per heavy atom. The summed E-state index contributed by atoms with van der Waals surface area (Å²) in [6.45, 7) is 2.08. The molecule has 0 saturated heterocycles. The third-order valence-corrected chi connectivity index (χ3v) is 2.90. The molecular formula is C16H13N3. The van der Waals surface area contributed by atoms with E-state index in [4.69, 9.17) is 0 Å². The number of benzene rings is 1. The predicted octanol–water partition coefficient (Wildman–Crippen LogP) is 3.51. The minimum absolute atomic E-state index is 0.878. The van der Waals surface area contributed by atoms with Crippen LogP contribution in [0.25, 0.3) is 22.5 Å². The van der Waals surface area contributed by atoms with E-state index in [1.165, 1.54) is 5.56 Å². The Kier molecular flexibility index (Phi) is 3.02. The fourth-order valence-corrected chi connectivity index (χ4v) is 2.06. The van der Waals surface area contributed by atoms with Crippen molar-refractivity contribution in [3.63, 3.8) is 0 Å². The number of aryl methyl sites for hydroxylation is 1. The highest BCUT2D eigenvalue weighted by molar-refractivity contribution is 5.70. The van der Waals surface area contributed by atoms with E-state index in [1.807, 2.05) is 18.2 Å². The van der Waals surface area contributed by atoms with Crippen LogP contribution in [0.2, 0.25) is 0 Å². The lowest BCUT2D eigenvalue weighted by molar-refractivity contribution is 1.20. The van der Waals surface area contributed by atoms with E-state index in [1.54, 1.807) is 24.8 Å². The first kappa shape index (κ1) is 11.5. The SMILES string of the molecule is Cc1cc(-c2ccccn2)cc(-c2cnccn2)c1. The first-order valence-corrected chi connectivity index (χ1v) is 6.12. The molecular weight excluding hydrogens is 234 g/mol. The molecule has 0 bridgehead atoms. The van der Waals surface area contributed by atoms with Gasteiger partial charge in [-0.1, -0.05) is 6.07 Å². The lowest BCUT2D eigenvalue weighted by Crippen LogP contribution is -1.88. The van der Waals surface area contributed by atoms with Gasteiger partial charge in [-0.05, 0) is 42.8 Å². The van der Waals surface area contributed by atoms with Gasteiger partial charge >= 0.3 is 0 Å². The maximum Gasteiger partial charge on any atom is 0.0885 e. The van der Waals surface area contributed by atoms with Crippen LogP contribution in [0.3, 0.4) is 0 Å². The third-order valence-electron chi connectivity index (χ3n) is 2.90. The van der Waals surface area contributed by atoms with Gasteiger partial charge in [0.25, 0.3) is 0 Å². The molecule has 0 atom stereocenters. The topological polar surface area (TPSA) is 38.7 Å². The van der Waals surface area contributed by atoms with Crippen molar-refractivity contribution in [3.05, 3.63) is 66.7 Å². The highest BCUT2D eigenvalue weighted by Gasteiger charge is 2.05. The van der Waals surface area contributed by atoms with Crippen LogP contribution < -0.4 is 0 Å². The van der Waals surface area contributed by atoms with E-state index < -0.39 is 0 Å². The van der Waals surface area contributed by atoms with Crippen LogP contribution in [0.4, 0.5) is 0 Å². The zero-order chi connectivity index (χ0) is 13.1. The van der Waals surface area contributed by atoms with Crippen molar-refractivity contribution in [2.24, 2.45) is 0 Å². The summed E-state index contributed by atoms with van der Waals surface area (Å²) in [5.74, 6) is 0. The fraction of sp³-hybridized carbons (Fsp3) is 0.0625. The van der Waals surface area contributed by atoms with Gasteiger partial charge in [0.1, 0.15) is 0 Å². The van der Waals surface area contributed by atoms with Crippen LogP contribution in [0.5, 0.6) is 0 Å². The van der Waals surface area contributed by atoms with Gasteiger partial charge in [0.2, 0.25) is 0 Å². The number of rotatable bonds is 2. The molecule has 0 amide bonds. The Balaban J connectivity index is 2.12. The molecule has 2 heterocycles. The monoisotopic (exact) mass is 247 g/mol. The van der Waals surface area contributed by atoms with E-state index in [0.717, 1.165) is 22.5 Å². The molecule has 1 aromatic carbocycles. The van der Waals surface area contributed by atoms with Gasteiger partial charge in [-0.15, -0.1) is 0 Å². The Morgan fingerprint density at radius 3 is 2.26 bits per heavy atom. The molecule has 3 heteroatoms. The Bertz CT molecular complexity index is 621.